The second-order valence-electron chi connectivity index (χ2n) is 10.8. The molecule has 3 N–H and O–H groups in total. The lowest BCUT2D eigenvalue weighted by molar-refractivity contribution is 0.101. The molecule has 1 aliphatic carbocycles. The molecule has 6 heteroatoms. The number of hydrogen-bond acceptors (Lipinski definition) is 4. The number of piperidine rings is 1. The van der Waals surface area contributed by atoms with Crippen molar-refractivity contribution in [2.24, 2.45) is 17.6 Å². The number of nitrogens with zero attached hydrogens (tertiary/aromatic N) is 3. The Morgan fingerprint density at radius 3 is 2.50 bits per heavy atom. The van der Waals surface area contributed by atoms with E-state index in [-0.39, 0.29) is 11.5 Å². The number of unbranched alkanes of at least 4 members (excludes halogenated alkanes) is 2. The van der Waals surface area contributed by atoms with Crippen LogP contribution in [-0.2, 0) is 13.0 Å². The van der Waals surface area contributed by atoms with Crippen LogP contribution >= 0.6 is 0 Å². The first-order valence-corrected chi connectivity index (χ1v) is 13.5. The number of likely N-dealkylation sites (tertiary alicyclic amines) is 1. The minimum atomic E-state index is 0.0712. The summed E-state index contributed by atoms with van der Waals surface area (Å²) < 4.78 is 1.97. The third kappa shape index (κ3) is 5.88. The number of fused-ring (bicyclic) bond motifs is 1. The average molecular weight is 466 g/mol. The molecule has 0 amide bonds. The summed E-state index contributed by atoms with van der Waals surface area (Å²) in [6, 6.07) is 9.43. The number of amidine groups is 1. The van der Waals surface area contributed by atoms with Crippen molar-refractivity contribution in [2.75, 3.05) is 6.54 Å². The molecule has 6 nitrogen and oxygen atoms in total. The summed E-state index contributed by atoms with van der Waals surface area (Å²) in [7, 11) is 0. The fraction of sp³-hybridized carbons (Fsp3) is 0.679. The van der Waals surface area contributed by atoms with Gasteiger partial charge in [-0.2, -0.15) is 0 Å². The minimum absolute atomic E-state index is 0.0712. The first-order chi connectivity index (χ1) is 16.4. The second kappa shape index (κ2) is 11.5. The van der Waals surface area contributed by atoms with E-state index >= 15 is 0 Å². The largest absolute Gasteiger partial charge is 0.387 e. The third-order valence-electron chi connectivity index (χ3n) is 8.30. The van der Waals surface area contributed by atoms with E-state index in [0.717, 1.165) is 56.1 Å². The Morgan fingerprint density at radius 2 is 1.74 bits per heavy atom. The highest BCUT2D eigenvalue weighted by molar-refractivity contribution is 5.79. The maximum absolute atomic E-state index is 13.5. The van der Waals surface area contributed by atoms with Gasteiger partial charge in [0.1, 0.15) is 5.69 Å². The summed E-state index contributed by atoms with van der Waals surface area (Å²) in [6.07, 6.45) is 12.1. The number of aryl methyl sites for hydroxylation is 1. The molecule has 1 aliphatic heterocycles. The van der Waals surface area contributed by atoms with E-state index in [2.05, 4.69) is 18.7 Å². The Hall–Kier alpha value is -2.21. The molecule has 186 valence electrons. The second-order valence-corrected chi connectivity index (χ2v) is 10.8. The molecule has 2 unspecified atom stereocenters. The smallest absolute Gasteiger partial charge is 0.272 e. The molecule has 1 saturated carbocycles. The molecule has 1 saturated heterocycles. The van der Waals surface area contributed by atoms with Crippen molar-refractivity contribution >= 4 is 16.9 Å². The monoisotopic (exact) mass is 465 g/mol. The summed E-state index contributed by atoms with van der Waals surface area (Å²) in [5.41, 5.74) is 8.40. The Morgan fingerprint density at radius 1 is 1.03 bits per heavy atom. The fourth-order valence-electron chi connectivity index (χ4n) is 6.29. The van der Waals surface area contributed by atoms with Crippen LogP contribution in [0.3, 0.4) is 0 Å². The van der Waals surface area contributed by atoms with Gasteiger partial charge in [-0.05, 0) is 83.4 Å². The molecule has 2 fully saturated rings. The Kier molecular flexibility index (Phi) is 8.41. The van der Waals surface area contributed by atoms with E-state index < -0.39 is 0 Å². The number of benzene rings is 1. The van der Waals surface area contributed by atoms with Crippen LogP contribution in [0.5, 0.6) is 0 Å². The molecular formula is C28H43N5O. The van der Waals surface area contributed by atoms with Gasteiger partial charge in [-0.25, -0.2) is 4.98 Å². The van der Waals surface area contributed by atoms with Crippen molar-refractivity contribution in [3.63, 3.8) is 0 Å². The fourth-order valence-corrected chi connectivity index (χ4v) is 6.29. The van der Waals surface area contributed by atoms with E-state index in [9.17, 15) is 4.79 Å². The normalized spacial score (nSPS) is 26.1. The van der Waals surface area contributed by atoms with Gasteiger partial charge in [0.15, 0.2) is 0 Å². The molecule has 2 aliphatic rings. The van der Waals surface area contributed by atoms with Crippen molar-refractivity contribution in [3.05, 3.63) is 40.3 Å². The zero-order chi connectivity index (χ0) is 24.1. The lowest BCUT2D eigenvalue weighted by atomic mass is 9.79. The molecular weight excluding hydrogens is 422 g/mol. The first-order valence-electron chi connectivity index (χ1n) is 13.5. The lowest BCUT2D eigenvalue weighted by Gasteiger charge is -2.39. The van der Waals surface area contributed by atoms with Crippen LogP contribution in [0, 0.1) is 17.2 Å². The Balaban J connectivity index is 1.41. The topological polar surface area (TPSA) is 88.0 Å². The van der Waals surface area contributed by atoms with Gasteiger partial charge in [0.2, 0.25) is 0 Å². The maximum Gasteiger partial charge on any atom is 0.272 e. The van der Waals surface area contributed by atoms with Gasteiger partial charge in [0, 0.05) is 24.5 Å². The Bertz CT molecular complexity index is 1020. The first kappa shape index (κ1) is 24.9. The van der Waals surface area contributed by atoms with Gasteiger partial charge in [-0.1, -0.05) is 37.8 Å². The molecule has 4 atom stereocenters. The molecule has 2 heterocycles. The number of para-hydroxylation sites is 2. The Labute approximate surface area is 204 Å². The number of aromatic nitrogens is 2. The van der Waals surface area contributed by atoms with Crippen LogP contribution in [0.4, 0.5) is 0 Å². The van der Waals surface area contributed by atoms with E-state index in [4.69, 9.17) is 16.1 Å². The zero-order valence-electron chi connectivity index (χ0n) is 21.1. The molecule has 0 radical (unpaired) electrons. The van der Waals surface area contributed by atoms with E-state index in [1.165, 1.54) is 32.2 Å². The van der Waals surface area contributed by atoms with E-state index in [1.807, 2.05) is 28.8 Å². The molecule has 2 aromatic rings. The lowest BCUT2D eigenvalue weighted by Crippen LogP contribution is -2.44. The highest BCUT2D eigenvalue weighted by atomic mass is 16.1. The summed E-state index contributed by atoms with van der Waals surface area (Å²) >= 11 is 0. The molecule has 1 aromatic carbocycles. The number of nitrogens with two attached hydrogens (primary N) is 1. The van der Waals surface area contributed by atoms with E-state index in [0.29, 0.717) is 36.0 Å². The highest BCUT2D eigenvalue weighted by Gasteiger charge is 2.26. The molecule has 1 aromatic heterocycles. The minimum Gasteiger partial charge on any atom is -0.387 e. The number of nitrogens with one attached hydrogen (secondary N) is 1. The van der Waals surface area contributed by atoms with Gasteiger partial charge in [-0.3, -0.25) is 15.1 Å². The molecule has 4 rings (SSSR count). The highest BCUT2D eigenvalue weighted by Crippen LogP contribution is 2.31. The van der Waals surface area contributed by atoms with Crippen LogP contribution in [0.2, 0.25) is 0 Å². The standard InChI is InChI=1S/C28H43N5O/c1-20-10-8-11-21(2)32(20)16-6-3-7-17-33-26-15-5-4-14-24(26)31-25(28(33)34)19-22-12-9-13-23(18-22)27(29)30/h4-5,14-15,20-23H,3,6-13,16-19H2,1-2H3,(H3,29,30)/t20-,21+,22?,23?. The summed E-state index contributed by atoms with van der Waals surface area (Å²) in [5, 5.41) is 7.83. The zero-order valence-corrected chi connectivity index (χ0v) is 21.1. The van der Waals surface area contributed by atoms with Crippen molar-refractivity contribution in [2.45, 2.75) is 103 Å². The number of hydrogen-bond donors (Lipinski definition) is 2. The van der Waals surface area contributed by atoms with Crippen molar-refractivity contribution in [1.29, 1.82) is 5.41 Å². The predicted octanol–water partition coefficient (Wildman–Crippen LogP) is 5.11. The summed E-state index contributed by atoms with van der Waals surface area (Å²) in [6.45, 7) is 6.65. The van der Waals surface area contributed by atoms with Gasteiger partial charge in [-0.15, -0.1) is 0 Å². The molecule has 0 bridgehead atoms. The summed E-state index contributed by atoms with van der Waals surface area (Å²) in [4.78, 5) is 21.0. The van der Waals surface area contributed by atoms with Crippen molar-refractivity contribution in [3.8, 4) is 0 Å². The average Bonchev–Trinajstić information content (AvgIpc) is 2.82. The SMILES string of the molecule is C[C@@H]1CCC[C@H](C)N1CCCCCn1c(=O)c(CC2CCCC(C(=N)N)C2)nc2ccccc21. The van der Waals surface area contributed by atoms with Crippen molar-refractivity contribution in [1.82, 2.24) is 14.5 Å². The molecule has 0 spiro atoms. The van der Waals surface area contributed by atoms with Crippen LogP contribution in [0.25, 0.3) is 11.0 Å². The van der Waals surface area contributed by atoms with Gasteiger partial charge in [0.05, 0.1) is 16.9 Å². The molecule has 34 heavy (non-hydrogen) atoms. The van der Waals surface area contributed by atoms with Crippen LogP contribution in [0.15, 0.2) is 29.1 Å². The number of rotatable bonds is 9. The van der Waals surface area contributed by atoms with Gasteiger partial charge >= 0.3 is 0 Å². The van der Waals surface area contributed by atoms with Gasteiger partial charge in [0.25, 0.3) is 5.56 Å². The van der Waals surface area contributed by atoms with Crippen LogP contribution < -0.4 is 11.3 Å². The van der Waals surface area contributed by atoms with Crippen LogP contribution in [0.1, 0.15) is 83.7 Å². The van der Waals surface area contributed by atoms with Crippen molar-refractivity contribution < 1.29 is 0 Å². The van der Waals surface area contributed by atoms with Gasteiger partial charge < -0.3 is 10.3 Å². The maximum atomic E-state index is 13.5. The predicted molar refractivity (Wildman–Crippen MR) is 140 cm³/mol. The van der Waals surface area contributed by atoms with E-state index in [1.54, 1.807) is 0 Å². The quantitative estimate of drug-likeness (QED) is 0.306. The summed E-state index contributed by atoms with van der Waals surface area (Å²) in [5.74, 6) is 0.833. The van der Waals surface area contributed by atoms with Crippen LogP contribution in [-0.4, -0.2) is 38.9 Å². The third-order valence-corrected chi connectivity index (χ3v) is 8.30.